The van der Waals surface area contributed by atoms with Crippen molar-refractivity contribution in [1.82, 2.24) is 10.2 Å². The average Bonchev–Trinajstić information content (AvgIpc) is 3.04. The minimum Gasteiger partial charge on any atom is -0.315 e. The Morgan fingerprint density at radius 2 is 2.00 bits per heavy atom. The summed E-state index contributed by atoms with van der Waals surface area (Å²) in [7, 11) is 2.11. The Morgan fingerprint density at radius 1 is 1.29 bits per heavy atom. The molecule has 1 aromatic carbocycles. The van der Waals surface area contributed by atoms with Crippen LogP contribution in [0.15, 0.2) is 30.3 Å². The summed E-state index contributed by atoms with van der Waals surface area (Å²) >= 11 is 0. The number of hydrogen-bond acceptors (Lipinski definition) is 2. The second kappa shape index (κ2) is 4.11. The summed E-state index contributed by atoms with van der Waals surface area (Å²) in [6.45, 7) is 4.81. The van der Waals surface area contributed by atoms with Crippen molar-refractivity contribution >= 4 is 0 Å². The van der Waals surface area contributed by atoms with Crippen molar-refractivity contribution in [2.45, 2.75) is 31.8 Å². The molecule has 1 aliphatic heterocycles. The molecule has 1 saturated carbocycles. The molecule has 1 heterocycles. The first kappa shape index (κ1) is 11.2. The highest BCUT2D eigenvalue weighted by molar-refractivity contribution is 5.20. The van der Waals surface area contributed by atoms with E-state index in [0.29, 0.717) is 17.5 Å². The zero-order valence-electron chi connectivity index (χ0n) is 10.8. The van der Waals surface area contributed by atoms with E-state index in [4.69, 9.17) is 0 Å². The number of hydrogen-bond donors (Lipinski definition) is 1. The summed E-state index contributed by atoms with van der Waals surface area (Å²) < 4.78 is 0. The molecular formula is C15H22N2. The van der Waals surface area contributed by atoms with E-state index in [0.717, 1.165) is 0 Å². The third-order valence-corrected chi connectivity index (χ3v) is 4.74. The fourth-order valence-corrected chi connectivity index (χ4v) is 3.31. The van der Waals surface area contributed by atoms with Crippen molar-refractivity contribution in [2.24, 2.45) is 5.41 Å². The van der Waals surface area contributed by atoms with Gasteiger partial charge in [-0.1, -0.05) is 30.3 Å². The first-order chi connectivity index (χ1) is 8.25. The quantitative estimate of drug-likeness (QED) is 0.858. The highest BCUT2D eigenvalue weighted by Gasteiger charge is 2.54. The molecule has 2 heteroatoms. The molecule has 1 aliphatic carbocycles. The van der Waals surface area contributed by atoms with Crippen LogP contribution in [0.1, 0.15) is 31.4 Å². The summed E-state index contributed by atoms with van der Waals surface area (Å²) in [5.41, 5.74) is 2.05. The van der Waals surface area contributed by atoms with Crippen molar-refractivity contribution in [3.05, 3.63) is 35.9 Å². The molecule has 1 aromatic rings. The number of benzene rings is 1. The van der Waals surface area contributed by atoms with Crippen LogP contribution in [-0.4, -0.2) is 31.1 Å². The molecule has 17 heavy (non-hydrogen) atoms. The first-order valence-electron chi connectivity index (χ1n) is 6.71. The van der Waals surface area contributed by atoms with E-state index in [1.54, 1.807) is 0 Å². The normalized spacial score (nSPS) is 28.5. The van der Waals surface area contributed by atoms with Gasteiger partial charge in [0, 0.05) is 25.2 Å². The lowest BCUT2D eigenvalue weighted by atomic mass is 10.0. The van der Waals surface area contributed by atoms with Crippen LogP contribution in [0.3, 0.4) is 0 Å². The predicted octanol–water partition coefficient (Wildman–Crippen LogP) is 2.43. The standard InChI is InChI=1S/C15H22N2/c1-12(13-6-4-3-5-7-13)17-10-14(16-2)15(11-17)8-9-15/h3-7,12,14,16H,8-11H2,1-2H3/t12-,14?/m1/s1. The Kier molecular flexibility index (Phi) is 2.72. The van der Waals surface area contributed by atoms with Crippen molar-refractivity contribution in [3.8, 4) is 0 Å². The molecule has 2 atom stereocenters. The van der Waals surface area contributed by atoms with Gasteiger partial charge in [0.05, 0.1) is 0 Å². The Labute approximate surface area is 104 Å². The lowest BCUT2D eigenvalue weighted by Crippen LogP contribution is -2.34. The number of nitrogens with one attached hydrogen (secondary N) is 1. The Morgan fingerprint density at radius 3 is 2.53 bits per heavy atom. The molecule has 0 aromatic heterocycles. The largest absolute Gasteiger partial charge is 0.315 e. The molecule has 1 N–H and O–H groups in total. The fourth-order valence-electron chi connectivity index (χ4n) is 3.31. The fraction of sp³-hybridized carbons (Fsp3) is 0.600. The summed E-state index contributed by atoms with van der Waals surface area (Å²) in [6.07, 6.45) is 2.83. The minimum atomic E-state index is 0.548. The third-order valence-electron chi connectivity index (χ3n) is 4.74. The second-order valence-electron chi connectivity index (χ2n) is 5.72. The van der Waals surface area contributed by atoms with Crippen LogP contribution < -0.4 is 5.32 Å². The lowest BCUT2D eigenvalue weighted by Gasteiger charge is -2.24. The highest BCUT2D eigenvalue weighted by Crippen LogP contribution is 2.53. The number of likely N-dealkylation sites (N-methyl/N-ethyl adjacent to an activating group) is 1. The predicted molar refractivity (Wildman–Crippen MR) is 70.9 cm³/mol. The third kappa shape index (κ3) is 1.90. The summed E-state index contributed by atoms with van der Waals surface area (Å²) in [5, 5.41) is 3.51. The van der Waals surface area contributed by atoms with Gasteiger partial charge in [-0.3, -0.25) is 4.90 Å². The smallest absolute Gasteiger partial charge is 0.0320 e. The van der Waals surface area contributed by atoms with Crippen LogP contribution in [0.5, 0.6) is 0 Å². The van der Waals surface area contributed by atoms with Crippen LogP contribution >= 0.6 is 0 Å². The van der Waals surface area contributed by atoms with Crippen LogP contribution in [0.2, 0.25) is 0 Å². The van der Waals surface area contributed by atoms with Gasteiger partial charge in [-0.25, -0.2) is 0 Å². The molecule has 0 radical (unpaired) electrons. The molecule has 92 valence electrons. The van der Waals surface area contributed by atoms with Crippen molar-refractivity contribution in [3.63, 3.8) is 0 Å². The van der Waals surface area contributed by atoms with Crippen LogP contribution in [-0.2, 0) is 0 Å². The molecule has 2 aliphatic rings. The van der Waals surface area contributed by atoms with Gasteiger partial charge in [0.2, 0.25) is 0 Å². The maximum absolute atomic E-state index is 3.51. The van der Waals surface area contributed by atoms with Gasteiger partial charge in [-0.2, -0.15) is 0 Å². The van der Waals surface area contributed by atoms with Crippen molar-refractivity contribution < 1.29 is 0 Å². The SMILES string of the molecule is CNC1CN([C@H](C)c2ccccc2)CC12CC2. The molecule has 0 bridgehead atoms. The Bertz CT molecular complexity index is 383. The van der Waals surface area contributed by atoms with E-state index in [-0.39, 0.29) is 0 Å². The number of rotatable bonds is 3. The lowest BCUT2D eigenvalue weighted by molar-refractivity contribution is 0.248. The molecule has 2 fully saturated rings. The average molecular weight is 230 g/mol. The van der Waals surface area contributed by atoms with E-state index in [1.165, 1.54) is 31.5 Å². The van der Waals surface area contributed by atoms with Gasteiger partial charge in [0.15, 0.2) is 0 Å². The summed E-state index contributed by atoms with van der Waals surface area (Å²) in [6, 6.07) is 12.1. The van der Waals surface area contributed by atoms with Crippen LogP contribution in [0.4, 0.5) is 0 Å². The topological polar surface area (TPSA) is 15.3 Å². The zero-order valence-corrected chi connectivity index (χ0v) is 10.8. The van der Waals surface area contributed by atoms with E-state index in [1.807, 2.05) is 0 Å². The molecule has 2 nitrogen and oxygen atoms in total. The Balaban J connectivity index is 1.74. The van der Waals surface area contributed by atoms with Gasteiger partial charge in [0.1, 0.15) is 0 Å². The molecular weight excluding hydrogens is 208 g/mol. The van der Waals surface area contributed by atoms with E-state index < -0.39 is 0 Å². The molecule has 0 amide bonds. The molecule has 3 rings (SSSR count). The monoisotopic (exact) mass is 230 g/mol. The second-order valence-corrected chi connectivity index (χ2v) is 5.72. The van der Waals surface area contributed by atoms with Crippen molar-refractivity contribution in [1.29, 1.82) is 0 Å². The first-order valence-corrected chi connectivity index (χ1v) is 6.71. The molecule has 1 unspecified atom stereocenters. The maximum atomic E-state index is 3.51. The Hall–Kier alpha value is -0.860. The van der Waals surface area contributed by atoms with E-state index in [9.17, 15) is 0 Å². The van der Waals surface area contributed by atoms with Crippen molar-refractivity contribution in [2.75, 3.05) is 20.1 Å². The zero-order chi connectivity index (χ0) is 11.9. The molecule has 1 spiro atoms. The minimum absolute atomic E-state index is 0.548. The van der Waals surface area contributed by atoms with Crippen LogP contribution in [0, 0.1) is 5.41 Å². The maximum Gasteiger partial charge on any atom is 0.0320 e. The van der Waals surface area contributed by atoms with E-state index in [2.05, 4.69) is 54.5 Å². The van der Waals surface area contributed by atoms with Gasteiger partial charge in [0.25, 0.3) is 0 Å². The van der Waals surface area contributed by atoms with Gasteiger partial charge in [-0.15, -0.1) is 0 Å². The van der Waals surface area contributed by atoms with Gasteiger partial charge < -0.3 is 5.32 Å². The van der Waals surface area contributed by atoms with E-state index >= 15 is 0 Å². The van der Waals surface area contributed by atoms with Gasteiger partial charge >= 0.3 is 0 Å². The van der Waals surface area contributed by atoms with Crippen LogP contribution in [0.25, 0.3) is 0 Å². The van der Waals surface area contributed by atoms with Gasteiger partial charge in [-0.05, 0) is 37.8 Å². The number of nitrogens with zero attached hydrogens (tertiary/aromatic N) is 1. The summed E-state index contributed by atoms with van der Waals surface area (Å²) in [5.74, 6) is 0. The molecule has 1 saturated heterocycles. The summed E-state index contributed by atoms with van der Waals surface area (Å²) in [4.78, 5) is 2.64. The highest BCUT2D eigenvalue weighted by atomic mass is 15.2. The number of likely N-dealkylation sites (tertiary alicyclic amines) is 1.